The molecule has 1 aliphatic rings. The number of hydrogen-bond donors (Lipinski definition) is 0. The third-order valence-corrected chi connectivity index (χ3v) is 3.34. The van der Waals surface area contributed by atoms with Crippen LogP contribution in [0.4, 0.5) is 0 Å². The third kappa shape index (κ3) is 2.56. The van der Waals surface area contributed by atoms with E-state index in [0.717, 1.165) is 16.4 Å². The molecule has 1 aromatic carbocycles. The zero-order valence-corrected chi connectivity index (χ0v) is 9.83. The molecule has 1 heterocycles. The van der Waals surface area contributed by atoms with E-state index >= 15 is 0 Å². The minimum Gasteiger partial charge on any atom is -0.376 e. The largest absolute Gasteiger partial charge is 0.376 e. The molecule has 1 aromatic rings. The van der Waals surface area contributed by atoms with Gasteiger partial charge in [0, 0.05) is 4.90 Å². The third-order valence-electron chi connectivity index (χ3n) is 2.35. The summed E-state index contributed by atoms with van der Waals surface area (Å²) in [5.41, 5.74) is 1.32. The maximum atomic E-state index is 8.66. The van der Waals surface area contributed by atoms with Gasteiger partial charge in [-0.25, -0.2) is 0 Å². The SMILES string of the molecule is CCc1ccc(SC2=NOC(C#N)C2)cc1. The lowest BCUT2D eigenvalue weighted by molar-refractivity contribution is 0.125. The van der Waals surface area contributed by atoms with Crippen molar-refractivity contribution >= 4 is 16.8 Å². The molecule has 0 bridgehead atoms. The lowest BCUT2D eigenvalue weighted by Crippen LogP contribution is -2.01. The Bertz CT molecular complexity index is 433. The Morgan fingerprint density at radius 3 is 2.81 bits per heavy atom. The van der Waals surface area contributed by atoms with Crippen LogP contribution >= 0.6 is 11.8 Å². The predicted molar refractivity (Wildman–Crippen MR) is 64.2 cm³/mol. The lowest BCUT2D eigenvalue weighted by atomic mass is 10.2. The van der Waals surface area contributed by atoms with Gasteiger partial charge in [-0.1, -0.05) is 36.0 Å². The van der Waals surface area contributed by atoms with Gasteiger partial charge in [-0.2, -0.15) is 5.26 Å². The van der Waals surface area contributed by atoms with Gasteiger partial charge in [-0.05, 0) is 24.1 Å². The summed E-state index contributed by atoms with van der Waals surface area (Å²) in [5, 5.41) is 13.4. The monoisotopic (exact) mass is 232 g/mol. The number of nitriles is 1. The zero-order valence-electron chi connectivity index (χ0n) is 9.01. The fourth-order valence-corrected chi connectivity index (χ4v) is 2.27. The van der Waals surface area contributed by atoms with Crippen molar-refractivity contribution < 1.29 is 4.84 Å². The van der Waals surface area contributed by atoms with Gasteiger partial charge in [0.15, 0.2) is 0 Å². The number of benzene rings is 1. The minimum atomic E-state index is -0.405. The quantitative estimate of drug-likeness (QED) is 0.787. The normalized spacial score (nSPS) is 18.8. The number of aryl methyl sites for hydroxylation is 1. The molecule has 0 saturated heterocycles. The molecule has 0 N–H and O–H groups in total. The first-order valence-electron chi connectivity index (χ1n) is 5.21. The summed E-state index contributed by atoms with van der Waals surface area (Å²) < 4.78 is 0. The first kappa shape index (κ1) is 11.0. The molecule has 0 radical (unpaired) electrons. The summed E-state index contributed by atoms with van der Waals surface area (Å²) in [4.78, 5) is 6.08. The minimum absolute atomic E-state index is 0.405. The average Bonchev–Trinajstić information content (AvgIpc) is 2.78. The van der Waals surface area contributed by atoms with Crippen LogP contribution < -0.4 is 0 Å². The van der Waals surface area contributed by atoms with Gasteiger partial charge in [-0.15, -0.1) is 0 Å². The van der Waals surface area contributed by atoms with Gasteiger partial charge in [0.05, 0.1) is 6.42 Å². The molecular weight excluding hydrogens is 220 g/mol. The van der Waals surface area contributed by atoms with Crippen LogP contribution in [0, 0.1) is 11.3 Å². The molecule has 16 heavy (non-hydrogen) atoms. The van der Waals surface area contributed by atoms with E-state index in [1.54, 1.807) is 11.8 Å². The molecule has 2 rings (SSSR count). The maximum Gasteiger partial charge on any atom is 0.218 e. The van der Waals surface area contributed by atoms with Crippen molar-refractivity contribution in [1.82, 2.24) is 0 Å². The number of thioether (sulfide) groups is 1. The van der Waals surface area contributed by atoms with Gasteiger partial charge < -0.3 is 4.84 Å². The van der Waals surface area contributed by atoms with Crippen LogP contribution in [0.5, 0.6) is 0 Å². The fourth-order valence-electron chi connectivity index (χ4n) is 1.41. The van der Waals surface area contributed by atoms with E-state index in [9.17, 15) is 0 Å². The zero-order chi connectivity index (χ0) is 11.4. The van der Waals surface area contributed by atoms with Crippen LogP contribution in [0.1, 0.15) is 18.9 Å². The lowest BCUT2D eigenvalue weighted by Gasteiger charge is -2.00. The molecule has 0 fully saturated rings. The van der Waals surface area contributed by atoms with E-state index in [2.05, 4.69) is 36.3 Å². The van der Waals surface area contributed by atoms with Crippen molar-refractivity contribution in [1.29, 1.82) is 5.26 Å². The molecule has 1 atom stereocenters. The van der Waals surface area contributed by atoms with E-state index in [-0.39, 0.29) is 0 Å². The van der Waals surface area contributed by atoms with Gasteiger partial charge in [-0.3, -0.25) is 0 Å². The van der Waals surface area contributed by atoms with E-state index in [0.29, 0.717) is 6.42 Å². The Hall–Kier alpha value is -1.47. The van der Waals surface area contributed by atoms with E-state index in [1.165, 1.54) is 5.56 Å². The Labute approximate surface area is 99.1 Å². The molecule has 82 valence electrons. The summed E-state index contributed by atoms with van der Waals surface area (Å²) in [6.07, 6.45) is 1.24. The second kappa shape index (κ2) is 5.04. The maximum absolute atomic E-state index is 8.66. The van der Waals surface area contributed by atoms with Crippen LogP contribution in [-0.4, -0.2) is 11.1 Å². The summed E-state index contributed by atoms with van der Waals surface area (Å²) in [7, 11) is 0. The number of oxime groups is 1. The first-order valence-corrected chi connectivity index (χ1v) is 6.02. The average molecular weight is 232 g/mol. The van der Waals surface area contributed by atoms with E-state index in [4.69, 9.17) is 10.1 Å². The summed E-state index contributed by atoms with van der Waals surface area (Å²) in [5.74, 6) is 0. The molecule has 0 saturated carbocycles. The molecule has 0 aliphatic carbocycles. The molecule has 1 unspecified atom stereocenters. The fraction of sp³-hybridized carbons (Fsp3) is 0.333. The molecule has 3 nitrogen and oxygen atoms in total. The van der Waals surface area contributed by atoms with Crippen molar-refractivity contribution in [2.24, 2.45) is 5.16 Å². The Balaban J connectivity index is 1.97. The second-order valence-corrected chi connectivity index (χ2v) is 4.66. The molecule has 0 amide bonds. The number of nitrogens with zero attached hydrogens (tertiary/aromatic N) is 2. The van der Waals surface area contributed by atoms with Crippen molar-refractivity contribution in [2.45, 2.75) is 30.8 Å². The van der Waals surface area contributed by atoms with Gasteiger partial charge in [0.25, 0.3) is 0 Å². The number of hydrogen-bond acceptors (Lipinski definition) is 4. The van der Waals surface area contributed by atoms with Crippen LogP contribution in [0.3, 0.4) is 0 Å². The Kier molecular flexibility index (Phi) is 3.47. The molecule has 0 spiro atoms. The van der Waals surface area contributed by atoms with Gasteiger partial charge in [0.1, 0.15) is 11.1 Å². The Morgan fingerprint density at radius 1 is 1.50 bits per heavy atom. The Morgan fingerprint density at radius 2 is 2.25 bits per heavy atom. The second-order valence-electron chi connectivity index (χ2n) is 3.51. The van der Waals surface area contributed by atoms with Crippen LogP contribution in [0.25, 0.3) is 0 Å². The van der Waals surface area contributed by atoms with Crippen molar-refractivity contribution in [2.75, 3.05) is 0 Å². The highest BCUT2D eigenvalue weighted by Gasteiger charge is 2.20. The smallest absolute Gasteiger partial charge is 0.218 e. The topological polar surface area (TPSA) is 45.4 Å². The van der Waals surface area contributed by atoms with Crippen molar-refractivity contribution in [3.63, 3.8) is 0 Å². The first-order chi connectivity index (χ1) is 7.81. The van der Waals surface area contributed by atoms with Crippen LogP contribution in [0.15, 0.2) is 34.3 Å². The van der Waals surface area contributed by atoms with E-state index in [1.807, 2.05) is 6.07 Å². The van der Waals surface area contributed by atoms with Gasteiger partial charge >= 0.3 is 0 Å². The van der Waals surface area contributed by atoms with Gasteiger partial charge in [0.2, 0.25) is 6.10 Å². The molecule has 4 heteroatoms. The summed E-state index contributed by atoms with van der Waals surface area (Å²) in [6.45, 7) is 2.13. The molecule has 0 aromatic heterocycles. The highest BCUT2D eigenvalue weighted by Crippen LogP contribution is 2.26. The molecule has 1 aliphatic heterocycles. The highest BCUT2D eigenvalue weighted by atomic mass is 32.2. The van der Waals surface area contributed by atoms with Crippen molar-refractivity contribution in [3.05, 3.63) is 29.8 Å². The summed E-state index contributed by atoms with van der Waals surface area (Å²) >= 11 is 1.56. The predicted octanol–water partition coefficient (Wildman–Crippen LogP) is 2.97. The summed E-state index contributed by atoms with van der Waals surface area (Å²) in [6, 6.07) is 10.4. The highest BCUT2D eigenvalue weighted by molar-refractivity contribution is 8.14. The standard InChI is InChI=1S/C12H12N2OS/c1-2-9-3-5-11(6-4-9)16-12-7-10(8-13)15-14-12/h3-6,10H,2,7H2,1H3. The van der Waals surface area contributed by atoms with Crippen LogP contribution in [0.2, 0.25) is 0 Å². The van der Waals surface area contributed by atoms with Crippen LogP contribution in [-0.2, 0) is 11.3 Å². The van der Waals surface area contributed by atoms with E-state index < -0.39 is 6.10 Å². The number of rotatable bonds is 2. The van der Waals surface area contributed by atoms with Crippen molar-refractivity contribution in [3.8, 4) is 6.07 Å². The molecular formula is C12H12N2OS.